The molecule has 0 radical (unpaired) electrons. The van der Waals surface area contributed by atoms with Gasteiger partial charge in [-0.2, -0.15) is 0 Å². The fourth-order valence-corrected chi connectivity index (χ4v) is 3.23. The monoisotopic (exact) mass is 261 g/mol. The molecule has 0 aromatic heterocycles. The molecule has 2 atom stereocenters. The van der Waals surface area contributed by atoms with Crippen LogP contribution >= 0.6 is 0 Å². The Morgan fingerprint density at radius 3 is 2.74 bits per heavy atom. The Kier molecular flexibility index (Phi) is 4.87. The predicted molar refractivity (Wildman–Crippen MR) is 81.0 cm³/mol. The standard InChI is InChI=1S/C17H27NO/c1-12-10-13(2)14(3)17(11-12)19-9-8-15-6-5-7-16(15)18-4/h10-11,15-16,18H,5-9H2,1-4H3. The van der Waals surface area contributed by atoms with Crippen LogP contribution in [-0.4, -0.2) is 19.7 Å². The minimum Gasteiger partial charge on any atom is -0.493 e. The van der Waals surface area contributed by atoms with Gasteiger partial charge in [0.25, 0.3) is 0 Å². The predicted octanol–water partition coefficient (Wildman–Crippen LogP) is 3.77. The van der Waals surface area contributed by atoms with Gasteiger partial charge in [-0.15, -0.1) is 0 Å². The van der Waals surface area contributed by atoms with Crippen molar-refractivity contribution in [2.75, 3.05) is 13.7 Å². The molecule has 2 unspecified atom stereocenters. The lowest BCUT2D eigenvalue weighted by molar-refractivity contribution is 0.262. The van der Waals surface area contributed by atoms with Gasteiger partial charge >= 0.3 is 0 Å². The Balaban J connectivity index is 1.89. The molecule has 0 bridgehead atoms. The molecule has 1 aliphatic rings. The second-order valence-electron chi connectivity index (χ2n) is 5.93. The van der Waals surface area contributed by atoms with Gasteiger partial charge in [0.1, 0.15) is 5.75 Å². The van der Waals surface area contributed by atoms with Crippen molar-refractivity contribution in [1.29, 1.82) is 0 Å². The molecular formula is C17H27NO. The molecule has 2 heteroatoms. The van der Waals surface area contributed by atoms with Crippen LogP contribution in [0.15, 0.2) is 12.1 Å². The highest BCUT2D eigenvalue weighted by Gasteiger charge is 2.25. The van der Waals surface area contributed by atoms with Crippen LogP contribution in [0.1, 0.15) is 42.4 Å². The molecule has 0 heterocycles. The van der Waals surface area contributed by atoms with Crippen LogP contribution in [0, 0.1) is 26.7 Å². The van der Waals surface area contributed by atoms with Gasteiger partial charge < -0.3 is 10.1 Å². The van der Waals surface area contributed by atoms with Gasteiger partial charge in [-0.25, -0.2) is 0 Å². The maximum absolute atomic E-state index is 6.03. The van der Waals surface area contributed by atoms with Crippen molar-refractivity contribution in [3.8, 4) is 5.75 Å². The van der Waals surface area contributed by atoms with Gasteiger partial charge in [-0.3, -0.25) is 0 Å². The largest absolute Gasteiger partial charge is 0.493 e. The lowest BCUT2D eigenvalue weighted by atomic mass is 10.0. The number of ether oxygens (including phenoxy) is 1. The van der Waals surface area contributed by atoms with Crippen molar-refractivity contribution in [2.45, 2.75) is 52.5 Å². The first-order valence-corrected chi connectivity index (χ1v) is 7.49. The van der Waals surface area contributed by atoms with Crippen molar-refractivity contribution < 1.29 is 4.74 Å². The lowest BCUT2D eigenvalue weighted by Crippen LogP contribution is -2.29. The maximum atomic E-state index is 6.03. The highest BCUT2D eigenvalue weighted by Crippen LogP contribution is 2.29. The minimum atomic E-state index is 0.698. The number of aryl methyl sites for hydroxylation is 2. The van der Waals surface area contributed by atoms with Crippen LogP contribution in [0.4, 0.5) is 0 Å². The van der Waals surface area contributed by atoms with Crippen LogP contribution in [-0.2, 0) is 0 Å². The second-order valence-corrected chi connectivity index (χ2v) is 5.93. The summed E-state index contributed by atoms with van der Waals surface area (Å²) in [5.41, 5.74) is 3.89. The summed E-state index contributed by atoms with van der Waals surface area (Å²) >= 11 is 0. The maximum Gasteiger partial charge on any atom is 0.122 e. The van der Waals surface area contributed by atoms with Gasteiger partial charge in [0, 0.05) is 6.04 Å². The summed E-state index contributed by atoms with van der Waals surface area (Å²) in [4.78, 5) is 0. The SMILES string of the molecule is CNC1CCCC1CCOc1cc(C)cc(C)c1C. The summed E-state index contributed by atoms with van der Waals surface area (Å²) in [5, 5.41) is 3.44. The summed E-state index contributed by atoms with van der Waals surface area (Å²) in [7, 11) is 2.08. The quantitative estimate of drug-likeness (QED) is 0.871. The number of hydrogen-bond acceptors (Lipinski definition) is 2. The van der Waals surface area contributed by atoms with E-state index < -0.39 is 0 Å². The van der Waals surface area contributed by atoms with E-state index in [9.17, 15) is 0 Å². The third-order valence-corrected chi connectivity index (χ3v) is 4.54. The highest BCUT2D eigenvalue weighted by atomic mass is 16.5. The van der Waals surface area contributed by atoms with Crippen molar-refractivity contribution in [2.24, 2.45) is 5.92 Å². The Bertz CT molecular complexity index is 428. The molecule has 1 aliphatic carbocycles. The van der Waals surface area contributed by atoms with E-state index in [0.717, 1.165) is 24.7 Å². The first-order valence-electron chi connectivity index (χ1n) is 7.49. The van der Waals surface area contributed by atoms with Crippen LogP contribution < -0.4 is 10.1 Å². The van der Waals surface area contributed by atoms with Gasteiger partial charge in [0.05, 0.1) is 6.61 Å². The third kappa shape index (κ3) is 3.50. The Labute approximate surface area is 117 Å². The van der Waals surface area contributed by atoms with E-state index in [1.807, 2.05) is 0 Å². The highest BCUT2D eigenvalue weighted by molar-refractivity contribution is 5.41. The van der Waals surface area contributed by atoms with E-state index in [2.05, 4.69) is 45.3 Å². The Morgan fingerprint density at radius 2 is 2.00 bits per heavy atom. The first kappa shape index (κ1) is 14.4. The van der Waals surface area contributed by atoms with Gasteiger partial charge in [0.15, 0.2) is 0 Å². The molecule has 1 aromatic rings. The molecule has 1 saturated carbocycles. The molecule has 106 valence electrons. The zero-order valence-electron chi connectivity index (χ0n) is 12.8. The number of nitrogens with one attached hydrogen (secondary N) is 1. The zero-order valence-corrected chi connectivity index (χ0v) is 12.8. The van der Waals surface area contributed by atoms with E-state index in [-0.39, 0.29) is 0 Å². The number of rotatable bonds is 5. The molecule has 2 nitrogen and oxygen atoms in total. The molecule has 1 aromatic carbocycles. The van der Waals surface area contributed by atoms with Crippen LogP contribution in [0.2, 0.25) is 0 Å². The molecule has 19 heavy (non-hydrogen) atoms. The van der Waals surface area contributed by atoms with Crippen molar-refractivity contribution in [3.63, 3.8) is 0 Å². The average Bonchev–Trinajstić information content (AvgIpc) is 2.82. The van der Waals surface area contributed by atoms with Crippen LogP contribution in [0.25, 0.3) is 0 Å². The molecule has 0 aliphatic heterocycles. The summed E-state index contributed by atoms with van der Waals surface area (Å²) in [5.74, 6) is 1.85. The summed E-state index contributed by atoms with van der Waals surface area (Å²) in [6.45, 7) is 7.28. The topological polar surface area (TPSA) is 21.3 Å². The summed E-state index contributed by atoms with van der Waals surface area (Å²) in [6, 6.07) is 5.08. The van der Waals surface area contributed by atoms with Crippen molar-refractivity contribution in [1.82, 2.24) is 5.32 Å². The lowest BCUT2D eigenvalue weighted by Gasteiger charge is -2.19. The number of benzene rings is 1. The minimum absolute atomic E-state index is 0.698. The van der Waals surface area contributed by atoms with Gasteiger partial charge in [-0.1, -0.05) is 12.5 Å². The Morgan fingerprint density at radius 1 is 1.21 bits per heavy atom. The molecular weight excluding hydrogens is 234 g/mol. The zero-order chi connectivity index (χ0) is 13.8. The van der Waals surface area contributed by atoms with Gasteiger partial charge in [0.2, 0.25) is 0 Å². The fourth-order valence-electron chi connectivity index (χ4n) is 3.23. The van der Waals surface area contributed by atoms with E-state index in [4.69, 9.17) is 4.74 Å². The van der Waals surface area contributed by atoms with Crippen molar-refractivity contribution in [3.05, 3.63) is 28.8 Å². The molecule has 0 saturated heterocycles. The molecule has 1 fully saturated rings. The Hall–Kier alpha value is -1.02. The second kappa shape index (κ2) is 6.42. The van der Waals surface area contributed by atoms with Gasteiger partial charge in [-0.05, 0) is 75.8 Å². The fraction of sp³-hybridized carbons (Fsp3) is 0.647. The van der Waals surface area contributed by atoms with E-state index in [0.29, 0.717) is 6.04 Å². The summed E-state index contributed by atoms with van der Waals surface area (Å²) < 4.78 is 6.03. The van der Waals surface area contributed by atoms with E-state index in [1.165, 1.54) is 36.0 Å². The van der Waals surface area contributed by atoms with Crippen LogP contribution in [0.3, 0.4) is 0 Å². The number of hydrogen-bond donors (Lipinski definition) is 1. The van der Waals surface area contributed by atoms with Crippen LogP contribution in [0.5, 0.6) is 5.75 Å². The van der Waals surface area contributed by atoms with E-state index in [1.54, 1.807) is 0 Å². The molecule has 1 N–H and O–H groups in total. The first-order chi connectivity index (χ1) is 9.11. The summed E-state index contributed by atoms with van der Waals surface area (Å²) in [6.07, 6.45) is 5.20. The average molecular weight is 261 g/mol. The van der Waals surface area contributed by atoms with Crippen molar-refractivity contribution >= 4 is 0 Å². The van der Waals surface area contributed by atoms with E-state index >= 15 is 0 Å². The normalized spacial score (nSPS) is 22.7. The molecule has 0 amide bonds. The molecule has 2 rings (SSSR count). The third-order valence-electron chi connectivity index (χ3n) is 4.54. The molecule has 0 spiro atoms. The smallest absolute Gasteiger partial charge is 0.122 e.